The Morgan fingerprint density at radius 1 is 1.15 bits per heavy atom. The van der Waals surface area contributed by atoms with E-state index < -0.39 is 17.5 Å². The van der Waals surface area contributed by atoms with Crippen molar-refractivity contribution in [1.29, 1.82) is 0 Å². The zero-order chi connectivity index (χ0) is 18.7. The van der Waals surface area contributed by atoms with Gasteiger partial charge in [-0.1, -0.05) is 25.0 Å². The Morgan fingerprint density at radius 2 is 1.96 bits per heavy atom. The molecule has 2 aromatic carbocycles. The molecule has 0 unspecified atom stereocenters. The molecule has 0 aliphatic carbocycles. The fourth-order valence-corrected chi connectivity index (χ4v) is 3.09. The molecule has 1 aromatic heterocycles. The van der Waals surface area contributed by atoms with Crippen molar-refractivity contribution in [2.45, 2.75) is 24.0 Å². The van der Waals surface area contributed by atoms with Crippen molar-refractivity contribution in [3.05, 3.63) is 59.7 Å². The van der Waals surface area contributed by atoms with Crippen LogP contribution in [0.5, 0.6) is 0 Å². The summed E-state index contributed by atoms with van der Waals surface area (Å²) < 4.78 is 32.0. The lowest BCUT2D eigenvalue weighted by molar-refractivity contribution is 0.102. The van der Waals surface area contributed by atoms with E-state index in [-0.39, 0.29) is 17.5 Å². The molecule has 0 aliphatic heterocycles. The number of rotatable bonds is 5. The third-order valence-corrected chi connectivity index (χ3v) is 4.27. The van der Waals surface area contributed by atoms with E-state index in [0.29, 0.717) is 10.8 Å². The summed E-state index contributed by atoms with van der Waals surface area (Å²) in [5.74, 6) is -2.11. The van der Waals surface area contributed by atoms with E-state index in [1.54, 1.807) is 30.0 Å². The molecule has 1 N–H and O–H groups in total. The van der Waals surface area contributed by atoms with E-state index >= 15 is 0 Å². The van der Waals surface area contributed by atoms with Crippen LogP contribution in [0.1, 0.15) is 24.2 Å². The minimum absolute atomic E-state index is 0.0465. The largest absolute Gasteiger partial charge is 0.403 e. The van der Waals surface area contributed by atoms with Crippen LogP contribution in [-0.2, 0) is 0 Å². The highest BCUT2D eigenvalue weighted by Crippen LogP contribution is 2.25. The standard InChI is InChI=1S/C18H15F2N3O2S/c1-10(2)26-13-5-3-4-11(8-13)16(24)21-18-23-22-17(25-18)14-7-6-12(19)9-15(14)20/h3-10H,1-2H3,(H,21,23,24). The van der Waals surface area contributed by atoms with Crippen LogP contribution in [0.15, 0.2) is 51.8 Å². The number of nitrogens with zero attached hydrogens (tertiary/aromatic N) is 2. The average molecular weight is 375 g/mol. The van der Waals surface area contributed by atoms with Crippen molar-refractivity contribution < 1.29 is 18.0 Å². The maximum atomic E-state index is 13.8. The molecule has 0 atom stereocenters. The van der Waals surface area contributed by atoms with Gasteiger partial charge in [-0.3, -0.25) is 10.1 Å². The molecule has 26 heavy (non-hydrogen) atoms. The Hall–Kier alpha value is -2.74. The summed E-state index contributed by atoms with van der Waals surface area (Å²) in [7, 11) is 0. The van der Waals surface area contributed by atoms with Gasteiger partial charge in [-0.05, 0) is 30.3 Å². The fraction of sp³-hybridized carbons (Fsp3) is 0.167. The van der Waals surface area contributed by atoms with Crippen molar-refractivity contribution in [2.24, 2.45) is 0 Å². The Kier molecular flexibility index (Phi) is 5.32. The molecule has 0 aliphatic rings. The van der Waals surface area contributed by atoms with E-state index in [1.165, 1.54) is 6.07 Å². The lowest BCUT2D eigenvalue weighted by Crippen LogP contribution is -2.12. The molecular formula is C18H15F2N3O2S. The summed E-state index contributed by atoms with van der Waals surface area (Å²) in [5, 5.41) is 10.2. The molecular weight excluding hydrogens is 360 g/mol. The van der Waals surface area contributed by atoms with Gasteiger partial charge in [0.25, 0.3) is 11.8 Å². The number of halogens is 2. The summed E-state index contributed by atoms with van der Waals surface area (Å²) >= 11 is 1.64. The second kappa shape index (κ2) is 7.65. The summed E-state index contributed by atoms with van der Waals surface area (Å²) in [4.78, 5) is 13.3. The Morgan fingerprint density at radius 3 is 2.69 bits per heavy atom. The Balaban J connectivity index is 1.76. The Labute approximate surface area is 152 Å². The summed E-state index contributed by atoms with van der Waals surface area (Å²) in [6, 6.07) is 9.95. The molecule has 134 valence electrons. The Bertz CT molecular complexity index is 944. The predicted octanol–water partition coefficient (Wildman–Crippen LogP) is 4.77. The van der Waals surface area contributed by atoms with Crippen LogP contribution >= 0.6 is 11.8 Å². The number of anilines is 1. The zero-order valence-corrected chi connectivity index (χ0v) is 14.8. The molecule has 0 radical (unpaired) electrons. The van der Waals surface area contributed by atoms with Crippen molar-refractivity contribution in [1.82, 2.24) is 10.2 Å². The van der Waals surface area contributed by atoms with Gasteiger partial charge < -0.3 is 4.42 Å². The van der Waals surface area contributed by atoms with Gasteiger partial charge in [0.1, 0.15) is 11.6 Å². The van der Waals surface area contributed by atoms with E-state index in [9.17, 15) is 13.6 Å². The molecule has 0 bridgehead atoms. The van der Waals surface area contributed by atoms with E-state index in [2.05, 4.69) is 29.4 Å². The lowest BCUT2D eigenvalue weighted by atomic mass is 10.2. The third kappa shape index (κ3) is 4.26. The number of benzene rings is 2. The molecule has 5 nitrogen and oxygen atoms in total. The zero-order valence-electron chi connectivity index (χ0n) is 14.0. The first-order valence-corrected chi connectivity index (χ1v) is 8.67. The third-order valence-electron chi connectivity index (χ3n) is 3.28. The van der Waals surface area contributed by atoms with Gasteiger partial charge >= 0.3 is 6.01 Å². The number of carbonyl (C=O) groups excluding carboxylic acids is 1. The van der Waals surface area contributed by atoms with Crippen molar-refractivity contribution in [3.8, 4) is 11.5 Å². The van der Waals surface area contributed by atoms with Crippen LogP contribution in [0.25, 0.3) is 11.5 Å². The fourth-order valence-electron chi connectivity index (χ4n) is 2.20. The first-order chi connectivity index (χ1) is 12.4. The maximum Gasteiger partial charge on any atom is 0.322 e. The van der Waals surface area contributed by atoms with Gasteiger partial charge in [-0.25, -0.2) is 8.78 Å². The van der Waals surface area contributed by atoms with Gasteiger partial charge in [0.15, 0.2) is 0 Å². The van der Waals surface area contributed by atoms with E-state index in [4.69, 9.17) is 4.42 Å². The number of hydrogen-bond donors (Lipinski definition) is 1. The number of carbonyl (C=O) groups is 1. The summed E-state index contributed by atoms with van der Waals surface area (Å²) in [5.41, 5.74) is 0.387. The average Bonchev–Trinajstić information content (AvgIpc) is 3.02. The molecule has 0 saturated heterocycles. The molecule has 1 heterocycles. The number of hydrogen-bond acceptors (Lipinski definition) is 5. The predicted molar refractivity (Wildman–Crippen MR) is 95.0 cm³/mol. The number of nitrogens with one attached hydrogen (secondary N) is 1. The van der Waals surface area contributed by atoms with Crippen LogP contribution in [-0.4, -0.2) is 21.4 Å². The van der Waals surface area contributed by atoms with Crippen LogP contribution in [0.2, 0.25) is 0 Å². The number of thioether (sulfide) groups is 1. The minimum atomic E-state index is -0.829. The normalized spacial score (nSPS) is 11.0. The van der Waals surface area contributed by atoms with Crippen LogP contribution in [0.4, 0.5) is 14.8 Å². The van der Waals surface area contributed by atoms with Gasteiger partial charge in [0, 0.05) is 21.8 Å². The highest BCUT2D eigenvalue weighted by molar-refractivity contribution is 7.99. The van der Waals surface area contributed by atoms with Crippen molar-refractivity contribution >= 4 is 23.7 Å². The quantitative estimate of drug-likeness (QED) is 0.651. The smallest absolute Gasteiger partial charge is 0.322 e. The topological polar surface area (TPSA) is 68.0 Å². The van der Waals surface area contributed by atoms with E-state index in [1.807, 2.05) is 6.07 Å². The highest BCUT2D eigenvalue weighted by Gasteiger charge is 2.16. The molecule has 0 fully saturated rings. The molecule has 0 spiro atoms. The van der Waals surface area contributed by atoms with E-state index in [0.717, 1.165) is 17.0 Å². The monoisotopic (exact) mass is 375 g/mol. The second-order valence-electron chi connectivity index (χ2n) is 5.69. The van der Waals surface area contributed by atoms with Crippen LogP contribution in [0.3, 0.4) is 0 Å². The van der Waals surface area contributed by atoms with Crippen molar-refractivity contribution in [3.63, 3.8) is 0 Å². The summed E-state index contributed by atoms with van der Waals surface area (Å²) in [6.07, 6.45) is 0. The maximum absolute atomic E-state index is 13.8. The SMILES string of the molecule is CC(C)Sc1cccc(C(=O)Nc2nnc(-c3ccc(F)cc3F)o2)c1. The van der Waals surface area contributed by atoms with Crippen molar-refractivity contribution in [2.75, 3.05) is 5.32 Å². The van der Waals surface area contributed by atoms with Gasteiger partial charge in [-0.2, -0.15) is 0 Å². The molecule has 8 heteroatoms. The second-order valence-corrected chi connectivity index (χ2v) is 7.34. The van der Waals surface area contributed by atoms with Gasteiger partial charge in [0.2, 0.25) is 0 Å². The summed E-state index contributed by atoms with van der Waals surface area (Å²) in [6.45, 7) is 4.12. The number of amides is 1. The molecule has 0 saturated carbocycles. The van der Waals surface area contributed by atoms with Gasteiger partial charge in [-0.15, -0.1) is 16.9 Å². The van der Waals surface area contributed by atoms with Gasteiger partial charge in [0.05, 0.1) is 5.56 Å². The first-order valence-electron chi connectivity index (χ1n) is 7.79. The van der Waals surface area contributed by atoms with Crippen LogP contribution in [0, 0.1) is 11.6 Å². The minimum Gasteiger partial charge on any atom is -0.403 e. The lowest BCUT2D eigenvalue weighted by Gasteiger charge is -2.06. The first kappa shape index (κ1) is 18.1. The molecule has 3 rings (SSSR count). The van der Waals surface area contributed by atoms with Crippen LogP contribution < -0.4 is 5.32 Å². The molecule has 3 aromatic rings. The molecule has 1 amide bonds. The number of aromatic nitrogens is 2. The highest BCUT2D eigenvalue weighted by atomic mass is 32.2.